The minimum atomic E-state index is 0.0172. The first-order chi connectivity index (χ1) is 20.1. The van der Waals surface area contributed by atoms with Crippen LogP contribution in [-0.4, -0.2) is 16.8 Å². The summed E-state index contributed by atoms with van der Waals surface area (Å²) in [6.07, 6.45) is 5.01. The first-order valence-corrected chi connectivity index (χ1v) is 15.3. The number of aromatic nitrogens is 1. The molecule has 5 aromatic carbocycles. The molecule has 0 bridgehead atoms. The van der Waals surface area contributed by atoms with Crippen LogP contribution >= 0.6 is 0 Å². The Labute approximate surface area is 241 Å². The van der Waals surface area contributed by atoms with Crippen LogP contribution in [0.4, 0.5) is 11.4 Å². The Morgan fingerprint density at radius 3 is 2.37 bits per heavy atom. The van der Waals surface area contributed by atoms with Crippen LogP contribution in [0.15, 0.2) is 103 Å². The number of hydrogen-bond donors (Lipinski definition) is 0. The highest BCUT2D eigenvalue weighted by Gasteiger charge is 2.59. The fourth-order valence-corrected chi connectivity index (χ4v) is 9.58. The summed E-state index contributed by atoms with van der Waals surface area (Å²) < 4.78 is 2.61. The fourth-order valence-electron chi connectivity index (χ4n) is 9.58. The quantitative estimate of drug-likeness (QED) is 0.203. The summed E-state index contributed by atoms with van der Waals surface area (Å²) in [5.41, 5.74) is 15.7. The Hall–Kier alpha value is -4.24. The smallest absolute Gasteiger partial charge is 0.248 e. The molecule has 0 N–H and O–H groups in total. The second-order valence-corrected chi connectivity index (χ2v) is 13.2. The third-order valence-corrected chi connectivity index (χ3v) is 11.5. The Morgan fingerprint density at radius 2 is 1.46 bits per heavy atom. The molecule has 196 valence electrons. The van der Waals surface area contributed by atoms with Crippen molar-refractivity contribution in [1.82, 2.24) is 4.57 Å². The van der Waals surface area contributed by atoms with Crippen LogP contribution < -0.4 is 21.3 Å². The molecule has 0 spiro atoms. The van der Waals surface area contributed by atoms with E-state index >= 15 is 0 Å². The molecule has 2 nitrogen and oxygen atoms in total. The van der Waals surface area contributed by atoms with Gasteiger partial charge in [0.15, 0.2) is 0 Å². The molecule has 2 unspecified atom stereocenters. The number of anilines is 2. The molecule has 4 heterocycles. The molecule has 0 radical (unpaired) electrons. The van der Waals surface area contributed by atoms with E-state index in [1.165, 1.54) is 92.1 Å². The first kappa shape index (κ1) is 22.5. The van der Waals surface area contributed by atoms with Gasteiger partial charge >= 0.3 is 0 Å². The second kappa shape index (κ2) is 7.34. The largest absolute Gasteiger partial charge is 0.334 e. The van der Waals surface area contributed by atoms with Gasteiger partial charge in [0.1, 0.15) is 0 Å². The van der Waals surface area contributed by atoms with E-state index in [2.05, 4.69) is 126 Å². The normalized spacial score (nSPS) is 23.1. The molecule has 4 aliphatic rings. The molecule has 1 saturated carbocycles. The monoisotopic (exact) mass is 526 g/mol. The second-order valence-electron chi connectivity index (χ2n) is 13.2. The highest BCUT2D eigenvalue weighted by molar-refractivity contribution is 7.01. The molecule has 10 rings (SSSR count). The van der Waals surface area contributed by atoms with Crippen molar-refractivity contribution >= 4 is 56.3 Å². The maximum absolute atomic E-state index is 2.77. The molecule has 2 atom stereocenters. The van der Waals surface area contributed by atoms with Crippen LogP contribution in [0, 0.1) is 0 Å². The Kier molecular flexibility index (Phi) is 4.02. The molecule has 3 aliphatic heterocycles. The summed E-state index contributed by atoms with van der Waals surface area (Å²) in [6, 6.07) is 39.2. The van der Waals surface area contributed by atoms with Gasteiger partial charge in [-0.2, -0.15) is 0 Å². The van der Waals surface area contributed by atoms with Gasteiger partial charge in [-0.1, -0.05) is 104 Å². The van der Waals surface area contributed by atoms with E-state index in [-0.39, 0.29) is 17.7 Å². The van der Waals surface area contributed by atoms with Crippen molar-refractivity contribution in [2.75, 3.05) is 4.90 Å². The summed E-state index contributed by atoms with van der Waals surface area (Å²) in [5.74, 6) is 0. The van der Waals surface area contributed by atoms with Crippen molar-refractivity contribution in [3.8, 4) is 16.8 Å². The highest BCUT2D eigenvalue weighted by Crippen LogP contribution is 2.63. The number of hydrogen-bond acceptors (Lipinski definition) is 1. The van der Waals surface area contributed by atoms with Crippen LogP contribution in [0.25, 0.3) is 38.6 Å². The van der Waals surface area contributed by atoms with Crippen molar-refractivity contribution in [3.63, 3.8) is 0 Å². The van der Waals surface area contributed by atoms with E-state index in [0.717, 1.165) is 0 Å². The summed E-state index contributed by atoms with van der Waals surface area (Å²) in [6.45, 7) is 5.41. The molecular formula is C38H31BN2. The summed E-state index contributed by atoms with van der Waals surface area (Å²) in [4.78, 5) is 2.77. The summed E-state index contributed by atoms with van der Waals surface area (Å²) >= 11 is 0. The van der Waals surface area contributed by atoms with Gasteiger partial charge in [-0.15, -0.1) is 0 Å². The number of fused-ring (bicyclic) bond motifs is 12. The maximum Gasteiger partial charge on any atom is 0.248 e. The molecule has 41 heavy (non-hydrogen) atoms. The molecular weight excluding hydrogens is 495 g/mol. The van der Waals surface area contributed by atoms with E-state index in [9.17, 15) is 0 Å². The summed E-state index contributed by atoms with van der Waals surface area (Å²) in [5, 5.41) is 2.81. The Morgan fingerprint density at radius 1 is 0.707 bits per heavy atom. The number of nitrogens with zero attached hydrogens (tertiary/aromatic N) is 2. The van der Waals surface area contributed by atoms with Crippen molar-refractivity contribution in [2.45, 2.75) is 50.5 Å². The third kappa shape index (κ3) is 2.42. The zero-order valence-corrected chi connectivity index (χ0v) is 23.6. The van der Waals surface area contributed by atoms with Gasteiger partial charge in [0.05, 0.1) is 22.3 Å². The standard InChI is InChI=1S/C38H31BN2/c1-37-21-10-11-22-38(37,2)41(24-13-4-3-5-14-24)35-28(37)23-30-36-33(35)27-16-7-9-19-31(27)40(36)32-20-12-17-26-25-15-6-8-18-29(25)39(30)34(26)32/h3-9,12-20,23H,10-11,21-22H2,1-2H3. The third-order valence-electron chi connectivity index (χ3n) is 11.5. The SMILES string of the molecule is CC12CCCCC1(C)N(c1ccccc1)c1c2cc2c3c1c1ccccc1n3-c1cccc3c1B2c1ccccc1-3. The highest BCUT2D eigenvalue weighted by atomic mass is 15.3. The lowest BCUT2D eigenvalue weighted by atomic mass is 9.37. The number of rotatable bonds is 1. The van der Waals surface area contributed by atoms with Crippen LogP contribution in [0.1, 0.15) is 45.1 Å². The average molecular weight is 526 g/mol. The van der Waals surface area contributed by atoms with Gasteiger partial charge in [0, 0.05) is 27.6 Å². The molecule has 1 aromatic heterocycles. The lowest BCUT2D eigenvalue weighted by Gasteiger charge is -2.50. The molecule has 3 heteroatoms. The average Bonchev–Trinajstić information content (AvgIpc) is 3.60. The molecule has 1 aliphatic carbocycles. The first-order valence-electron chi connectivity index (χ1n) is 15.3. The van der Waals surface area contributed by atoms with Gasteiger partial charge in [-0.3, -0.25) is 0 Å². The van der Waals surface area contributed by atoms with Gasteiger partial charge in [0.2, 0.25) is 6.71 Å². The van der Waals surface area contributed by atoms with E-state index < -0.39 is 0 Å². The van der Waals surface area contributed by atoms with Gasteiger partial charge in [-0.05, 0) is 71.6 Å². The van der Waals surface area contributed by atoms with Crippen molar-refractivity contribution in [1.29, 1.82) is 0 Å². The van der Waals surface area contributed by atoms with E-state index in [4.69, 9.17) is 0 Å². The molecule has 0 saturated heterocycles. The Balaban J connectivity index is 1.44. The molecule has 0 amide bonds. The predicted molar refractivity (Wildman–Crippen MR) is 174 cm³/mol. The van der Waals surface area contributed by atoms with Crippen molar-refractivity contribution in [2.24, 2.45) is 0 Å². The zero-order chi connectivity index (χ0) is 27.1. The van der Waals surface area contributed by atoms with Gasteiger partial charge in [-0.25, -0.2) is 0 Å². The van der Waals surface area contributed by atoms with Crippen molar-refractivity contribution in [3.05, 3.63) is 109 Å². The topological polar surface area (TPSA) is 8.17 Å². The van der Waals surface area contributed by atoms with E-state index in [1.54, 1.807) is 5.56 Å². The van der Waals surface area contributed by atoms with Crippen LogP contribution in [0.3, 0.4) is 0 Å². The zero-order valence-electron chi connectivity index (χ0n) is 23.6. The van der Waals surface area contributed by atoms with Gasteiger partial charge in [0.25, 0.3) is 0 Å². The van der Waals surface area contributed by atoms with Crippen LogP contribution in [0.5, 0.6) is 0 Å². The molecule has 6 aromatic rings. The predicted octanol–water partition coefficient (Wildman–Crippen LogP) is 7.34. The minimum absolute atomic E-state index is 0.0172. The lowest BCUT2D eigenvalue weighted by molar-refractivity contribution is 0.195. The van der Waals surface area contributed by atoms with E-state index in [1.807, 2.05) is 0 Å². The number of para-hydroxylation sites is 2. The minimum Gasteiger partial charge on any atom is -0.334 e. The fraction of sp³-hybridized carbons (Fsp3) is 0.211. The van der Waals surface area contributed by atoms with Gasteiger partial charge < -0.3 is 9.47 Å². The summed E-state index contributed by atoms with van der Waals surface area (Å²) in [7, 11) is 0. The number of benzene rings is 5. The molecule has 1 fully saturated rings. The van der Waals surface area contributed by atoms with Crippen molar-refractivity contribution < 1.29 is 0 Å². The van der Waals surface area contributed by atoms with E-state index in [0.29, 0.717) is 0 Å². The van der Waals surface area contributed by atoms with Crippen LogP contribution in [-0.2, 0) is 5.41 Å². The Bertz CT molecular complexity index is 2110. The lowest BCUT2D eigenvalue weighted by Crippen LogP contribution is -2.55. The maximum atomic E-state index is 2.77. The van der Waals surface area contributed by atoms with Crippen LogP contribution in [0.2, 0.25) is 0 Å².